The molecule has 1 rings (SSSR count). The summed E-state index contributed by atoms with van der Waals surface area (Å²) in [5.74, 6) is -0.217. The van der Waals surface area contributed by atoms with Gasteiger partial charge in [-0.2, -0.15) is 0 Å². The van der Waals surface area contributed by atoms with E-state index in [0.717, 1.165) is 0 Å². The first-order valence-electron chi connectivity index (χ1n) is 5.38. The summed E-state index contributed by atoms with van der Waals surface area (Å²) in [5, 5.41) is 8.70. The average Bonchev–Trinajstić information content (AvgIpc) is 2.38. The minimum Gasteiger partial charge on any atom is -0.508 e. The summed E-state index contributed by atoms with van der Waals surface area (Å²) >= 11 is 0. The number of esters is 1. The topological polar surface area (TPSA) is 102 Å². The van der Waals surface area contributed by atoms with Gasteiger partial charge < -0.3 is 15.6 Å². The van der Waals surface area contributed by atoms with Crippen molar-refractivity contribution in [2.45, 2.75) is 6.92 Å². The van der Waals surface area contributed by atoms with Gasteiger partial charge in [0.15, 0.2) is 0 Å². The number of nitrogen functional groups attached to an aromatic ring is 1. The van der Waals surface area contributed by atoms with Crippen LogP contribution in [0.1, 0.15) is 6.92 Å². The van der Waals surface area contributed by atoms with Crippen LogP contribution in [0.4, 0.5) is 5.69 Å². The zero-order valence-corrected chi connectivity index (χ0v) is 10.6. The number of phenolic OH excluding ortho intramolecular Hbond substituents is 1. The third kappa shape index (κ3) is 9.14. The number of aromatic hydroxyl groups is 1. The highest BCUT2D eigenvalue weighted by atomic mass is 16.5. The number of benzene rings is 1. The molecule has 1 aromatic rings. The van der Waals surface area contributed by atoms with Crippen LogP contribution in [0.15, 0.2) is 41.4 Å². The zero-order chi connectivity index (χ0) is 14.7. The molecule has 0 amide bonds. The lowest BCUT2D eigenvalue weighted by Crippen LogP contribution is -2.07. The number of rotatable bonds is 4. The lowest BCUT2D eigenvalue weighted by Gasteiger charge is -1.99. The normalized spacial score (nSPS) is 8.47. The summed E-state index contributed by atoms with van der Waals surface area (Å²) in [6.45, 7) is 5.17. The molecule has 0 saturated heterocycles. The van der Waals surface area contributed by atoms with Crippen molar-refractivity contribution in [3.63, 3.8) is 0 Å². The van der Waals surface area contributed by atoms with Crippen LogP contribution in [0.5, 0.6) is 5.75 Å². The molecule has 1 aromatic carbocycles. The Morgan fingerprint density at radius 1 is 1.47 bits per heavy atom. The molecule has 6 heteroatoms. The Hall–Kier alpha value is -2.59. The summed E-state index contributed by atoms with van der Waals surface area (Å²) in [5.41, 5.74) is 6.32. The van der Waals surface area contributed by atoms with Gasteiger partial charge in [-0.15, -0.1) is 0 Å². The van der Waals surface area contributed by atoms with Gasteiger partial charge in [-0.1, -0.05) is 6.58 Å². The number of nitrogens with zero attached hydrogens (tertiary/aromatic N) is 1. The minimum absolute atomic E-state index is 0.0981. The first-order chi connectivity index (χ1) is 8.97. The molecule has 0 atom stereocenters. The number of anilines is 1. The summed E-state index contributed by atoms with van der Waals surface area (Å²) in [4.78, 5) is 23.4. The first-order valence-corrected chi connectivity index (χ1v) is 5.38. The molecule has 6 nitrogen and oxygen atoms in total. The van der Waals surface area contributed by atoms with E-state index in [1.807, 2.05) is 0 Å². The van der Waals surface area contributed by atoms with Crippen molar-refractivity contribution in [2.75, 3.05) is 18.9 Å². The first kappa shape index (κ1) is 16.4. The Balaban J connectivity index is 0.000000356. The molecule has 0 saturated carbocycles. The molecule has 0 bridgehead atoms. The van der Waals surface area contributed by atoms with E-state index < -0.39 is 5.97 Å². The standard InChI is InChI=1S/C7H9NO3.C6H7NO/c1-6(2)7(10)11-4-3-8-5-9;7-5-1-3-6(8)4-2-5/h1,3-4H2,2H3;1-4,8H,7H2. The van der Waals surface area contributed by atoms with Gasteiger partial charge in [0.05, 0.1) is 6.54 Å². The van der Waals surface area contributed by atoms with Crippen molar-refractivity contribution in [3.8, 4) is 5.75 Å². The third-order valence-electron chi connectivity index (χ3n) is 1.74. The smallest absolute Gasteiger partial charge is 0.333 e. The fourth-order valence-corrected chi connectivity index (χ4v) is 0.827. The number of aliphatic imine (C=N–C) groups is 1. The Bertz CT molecular complexity index is 441. The molecule has 3 N–H and O–H groups in total. The van der Waals surface area contributed by atoms with Gasteiger partial charge in [0.25, 0.3) is 0 Å². The molecular weight excluding hydrogens is 248 g/mol. The van der Waals surface area contributed by atoms with Gasteiger partial charge in [-0.25, -0.2) is 14.6 Å². The molecular formula is C13H16N2O4. The molecule has 0 fully saturated rings. The second-order valence-corrected chi connectivity index (χ2v) is 3.48. The molecule has 0 aliphatic carbocycles. The molecule has 0 radical (unpaired) electrons. The van der Waals surface area contributed by atoms with Crippen LogP contribution in [0.25, 0.3) is 0 Å². The van der Waals surface area contributed by atoms with Crippen molar-refractivity contribution in [2.24, 2.45) is 4.99 Å². The predicted octanol–water partition coefficient (Wildman–Crippen LogP) is 1.42. The largest absolute Gasteiger partial charge is 0.508 e. The Morgan fingerprint density at radius 3 is 2.47 bits per heavy atom. The third-order valence-corrected chi connectivity index (χ3v) is 1.74. The van der Waals surface area contributed by atoms with E-state index in [-0.39, 0.29) is 18.9 Å². The molecule has 0 heterocycles. The fourth-order valence-electron chi connectivity index (χ4n) is 0.827. The fraction of sp³-hybridized carbons (Fsp3) is 0.231. The van der Waals surface area contributed by atoms with Crippen LogP contribution in [-0.4, -0.2) is 30.3 Å². The molecule has 0 aliphatic rings. The van der Waals surface area contributed by atoms with E-state index >= 15 is 0 Å². The van der Waals surface area contributed by atoms with Crippen LogP contribution in [0.3, 0.4) is 0 Å². The summed E-state index contributed by atoms with van der Waals surface area (Å²) in [6, 6.07) is 6.40. The number of nitrogens with two attached hydrogens (primary N) is 1. The highest BCUT2D eigenvalue weighted by Crippen LogP contribution is 2.09. The lowest BCUT2D eigenvalue weighted by atomic mass is 10.3. The Kier molecular flexibility index (Phi) is 8.15. The van der Waals surface area contributed by atoms with Gasteiger partial charge in [-0.3, -0.25) is 0 Å². The van der Waals surface area contributed by atoms with Gasteiger partial charge in [0.1, 0.15) is 12.4 Å². The van der Waals surface area contributed by atoms with Gasteiger partial charge in [0.2, 0.25) is 6.08 Å². The van der Waals surface area contributed by atoms with Crippen LogP contribution < -0.4 is 5.73 Å². The maximum absolute atomic E-state index is 10.6. The number of ether oxygens (including phenoxy) is 1. The predicted molar refractivity (Wildman–Crippen MR) is 71.3 cm³/mol. The van der Waals surface area contributed by atoms with Crippen LogP contribution >= 0.6 is 0 Å². The number of carbonyl (C=O) groups is 1. The van der Waals surface area contributed by atoms with Crippen LogP contribution in [0, 0.1) is 0 Å². The van der Waals surface area contributed by atoms with E-state index in [0.29, 0.717) is 11.3 Å². The van der Waals surface area contributed by atoms with Gasteiger partial charge >= 0.3 is 5.97 Å². The number of carbonyl (C=O) groups excluding carboxylic acids is 2. The minimum atomic E-state index is -0.467. The Labute approximate surface area is 111 Å². The molecule has 0 spiro atoms. The molecule has 102 valence electrons. The van der Waals surface area contributed by atoms with E-state index in [1.54, 1.807) is 31.2 Å². The van der Waals surface area contributed by atoms with E-state index in [9.17, 15) is 9.59 Å². The Morgan fingerprint density at radius 2 is 2.05 bits per heavy atom. The van der Waals surface area contributed by atoms with Gasteiger partial charge in [-0.05, 0) is 31.2 Å². The molecule has 0 aliphatic heterocycles. The van der Waals surface area contributed by atoms with Crippen molar-refractivity contribution in [1.82, 2.24) is 0 Å². The maximum Gasteiger partial charge on any atom is 0.333 e. The van der Waals surface area contributed by atoms with E-state index in [4.69, 9.17) is 10.8 Å². The number of hydrogen-bond acceptors (Lipinski definition) is 6. The van der Waals surface area contributed by atoms with Crippen molar-refractivity contribution in [1.29, 1.82) is 0 Å². The van der Waals surface area contributed by atoms with Crippen LogP contribution in [0.2, 0.25) is 0 Å². The quantitative estimate of drug-likeness (QED) is 0.163. The summed E-state index contributed by atoms with van der Waals surface area (Å²) in [6.07, 6.45) is 1.33. The monoisotopic (exact) mass is 264 g/mol. The molecule has 0 aromatic heterocycles. The summed E-state index contributed by atoms with van der Waals surface area (Å²) in [7, 11) is 0. The summed E-state index contributed by atoms with van der Waals surface area (Å²) < 4.78 is 4.59. The second-order valence-electron chi connectivity index (χ2n) is 3.48. The highest BCUT2D eigenvalue weighted by molar-refractivity contribution is 5.86. The maximum atomic E-state index is 10.6. The van der Waals surface area contributed by atoms with Crippen LogP contribution in [-0.2, 0) is 14.3 Å². The number of isocyanates is 1. The van der Waals surface area contributed by atoms with Crippen molar-refractivity contribution < 1.29 is 19.4 Å². The van der Waals surface area contributed by atoms with Gasteiger partial charge in [0, 0.05) is 11.3 Å². The zero-order valence-electron chi connectivity index (χ0n) is 10.6. The lowest BCUT2D eigenvalue weighted by molar-refractivity contribution is -0.138. The second kappa shape index (κ2) is 9.44. The molecule has 19 heavy (non-hydrogen) atoms. The molecule has 0 unspecified atom stereocenters. The van der Waals surface area contributed by atoms with E-state index in [2.05, 4.69) is 16.3 Å². The average molecular weight is 264 g/mol. The van der Waals surface area contributed by atoms with E-state index in [1.165, 1.54) is 6.08 Å². The van der Waals surface area contributed by atoms with Crippen molar-refractivity contribution in [3.05, 3.63) is 36.4 Å². The number of hydrogen-bond donors (Lipinski definition) is 2. The SMILES string of the molecule is C=C(C)C(=O)OCCN=C=O.Nc1ccc(O)cc1. The highest BCUT2D eigenvalue weighted by Gasteiger charge is 2.00. The van der Waals surface area contributed by atoms with Crippen molar-refractivity contribution >= 4 is 17.7 Å². The number of phenols is 1.